The van der Waals surface area contributed by atoms with E-state index in [1.54, 1.807) is 45.0 Å². The first kappa shape index (κ1) is 19.1. The van der Waals surface area contributed by atoms with Crippen LogP contribution in [0.2, 0.25) is 0 Å². The minimum Gasteiger partial charge on any atom is -0.457 e. The largest absolute Gasteiger partial charge is 0.457 e. The lowest BCUT2D eigenvalue weighted by Gasteiger charge is -2.34. The van der Waals surface area contributed by atoms with E-state index in [1.165, 1.54) is 0 Å². The predicted octanol–water partition coefficient (Wildman–Crippen LogP) is 3.45. The van der Waals surface area contributed by atoms with E-state index < -0.39 is 29.2 Å². The fraction of sp³-hybridized carbons (Fsp3) is 0.412. The minimum atomic E-state index is -2.18. The average molecular weight is 462 g/mol. The molecule has 0 fully saturated rings. The number of halogens is 2. The highest BCUT2D eigenvalue weighted by Crippen LogP contribution is 2.42. The molecular formula is C17H18Br2O5. The smallest absolute Gasteiger partial charge is 0.347 e. The normalized spacial score (nSPS) is 20.6. The van der Waals surface area contributed by atoms with E-state index in [-0.39, 0.29) is 14.5 Å². The number of hydrogen-bond donors (Lipinski definition) is 1. The van der Waals surface area contributed by atoms with E-state index in [0.29, 0.717) is 0 Å². The predicted molar refractivity (Wildman–Crippen MR) is 95.7 cm³/mol. The van der Waals surface area contributed by atoms with Gasteiger partial charge in [0, 0.05) is 0 Å². The molecule has 0 radical (unpaired) electrons. The summed E-state index contributed by atoms with van der Waals surface area (Å²) in [7, 11) is 0. The molecule has 0 aromatic heterocycles. The third kappa shape index (κ3) is 3.58. The van der Waals surface area contributed by atoms with E-state index in [0.717, 1.165) is 5.56 Å². The molecule has 5 nitrogen and oxygen atoms in total. The monoisotopic (exact) mass is 460 g/mol. The van der Waals surface area contributed by atoms with Gasteiger partial charge in [0.15, 0.2) is 6.10 Å². The van der Waals surface area contributed by atoms with Crippen LogP contribution < -0.4 is 0 Å². The van der Waals surface area contributed by atoms with Crippen molar-refractivity contribution in [3.8, 4) is 0 Å². The Balaban J connectivity index is 2.56. The van der Waals surface area contributed by atoms with Gasteiger partial charge in [-0.3, -0.25) is 0 Å². The number of esters is 2. The summed E-state index contributed by atoms with van der Waals surface area (Å²) >= 11 is 6.32. The molecule has 24 heavy (non-hydrogen) atoms. The van der Waals surface area contributed by atoms with Crippen molar-refractivity contribution in [1.29, 1.82) is 0 Å². The van der Waals surface area contributed by atoms with Gasteiger partial charge in [0.2, 0.25) is 5.60 Å². The molecule has 0 amide bonds. The lowest BCUT2D eigenvalue weighted by atomic mass is 9.87. The SMILES string of the molecule is Cc1ccc([C@@](O)(C(=O)OC(C)(C)C)[C@@H]2OC(=O)C(Br)=C2Br)cc1. The standard InChI is InChI=1S/C17H18Br2O5/c1-9-5-7-10(8-6-9)17(22,15(21)24-16(2,3)4)13-11(18)12(19)14(20)23-13/h5-8,13,22H,1-4H3/t13-,17+/m1/s1. The molecule has 130 valence electrons. The maximum atomic E-state index is 12.8. The zero-order valence-electron chi connectivity index (χ0n) is 13.7. The van der Waals surface area contributed by atoms with E-state index in [9.17, 15) is 14.7 Å². The van der Waals surface area contributed by atoms with Gasteiger partial charge in [-0.05, 0) is 65.1 Å². The van der Waals surface area contributed by atoms with Gasteiger partial charge in [0.05, 0.1) is 4.48 Å². The summed E-state index contributed by atoms with van der Waals surface area (Å²) in [5.74, 6) is -1.56. The van der Waals surface area contributed by atoms with Crippen molar-refractivity contribution in [2.24, 2.45) is 0 Å². The molecule has 0 spiro atoms. The Morgan fingerprint density at radius 3 is 2.17 bits per heavy atom. The van der Waals surface area contributed by atoms with Crippen LogP contribution in [0.4, 0.5) is 0 Å². The molecule has 2 atom stereocenters. The van der Waals surface area contributed by atoms with Crippen LogP contribution in [0.15, 0.2) is 33.2 Å². The second-order valence-corrected chi connectivity index (χ2v) is 8.23. The second kappa shape index (κ2) is 6.61. The van der Waals surface area contributed by atoms with Crippen LogP contribution in [0.25, 0.3) is 0 Å². The lowest BCUT2D eigenvalue weighted by molar-refractivity contribution is -0.191. The maximum Gasteiger partial charge on any atom is 0.347 e. The molecule has 0 saturated heterocycles. The number of ether oxygens (including phenoxy) is 2. The van der Waals surface area contributed by atoms with Crippen molar-refractivity contribution in [3.63, 3.8) is 0 Å². The van der Waals surface area contributed by atoms with Crippen molar-refractivity contribution < 1.29 is 24.2 Å². The first-order valence-electron chi connectivity index (χ1n) is 7.26. The Bertz CT molecular complexity index is 703. The molecular weight excluding hydrogens is 444 g/mol. The van der Waals surface area contributed by atoms with Gasteiger partial charge in [-0.25, -0.2) is 9.59 Å². The Hall–Kier alpha value is -1.18. The van der Waals surface area contributed by atoms with Crippen LogP contribution in [0.1, 0.15) is 31.9 Å². The molecule has 7 heteroatoms. The Labute approximate surface area is 157 Å². The van der Waals surface area contributed by atoms with Crippen molar-refractivity contribution in [3.05, 3.63) is 44.4 Å². The van der Waals surface area contributed by atoms with Crippen LogP contribution >= 0.6 is 31.9 Å². The summed E-state index contributed by atoms with van der Waals surface area (Å²) in [5, 5.41) is 11.3. The minimum absolute atomic E-state index is 0.126. The maximum absolute atomic E-state index is 12.8. The van der Waals surface area contributed by atoms with Gasteiger partial charge in [0.1, 0.15) is 10.1 Å². The fourth-order valence-corrected chi connectivity index (χ4v) is 3.12. The molecule has 0 saturated carbocycles. The van der Waals surface area contributed by atoms with E-state index in [1.807, 2.05) is 6.92 Å². The molecule has 1 aromatic carbocycles. The molecule has 0 bridgehead atoms. The highest BCUT2D eigenvalue weighted by atomic mass is 79.9. The number of aliphatic hydroxyl groups is 1. The first-order valence-corrected chi connectivity index (χ1v) is 8.84. The third-order valence-corrected chi connectivity index (χ3v) is 5.52. The topological polar surface area (TPSA) is 72.8 Å². The molecule has 1 heterocycles. The summed E-state index contributed by atoms with van der Waals surface area (Å²) in [4.78, 5) is 24.6. The molecule has 1 N–H and O–H groups in total. The average Bonchev–Trinajstić information content (AvgIpc) is 2.73. The Morgan fingerprint density at radius 2 is 1.75 bits per heavy atom. The first-order chi connectivity index (χ1) is 11.0. The fourth-order valence-electron chi connectivity index (χ4n) is 2.23. The van der Waals surface area contributed by atoms with Crippen LogP contribution in [-0.4, -0.2) is 28.8 Å². The number of carbonyl (C=O) groups is 2. The number of benzene rings is 1. The summed E-state index contributed by atoms with van der Waals surface area (Å²) in [6.45, 7) is 6.98. The molecule has 2 rings (SSSR count). The van der Waals surface area contributed by atoms with Gasteiger partial charge in [0.25, 0.3) is 0 Å². The summed E-state index contributed by atoms with van der Waals surface area (Å²) in [6.07, 6.45) is -1.24. The van der Waals surface area contributed by atoms with E-state index in [4.69, 9.17) is 9.47 Å². The van der Waals surface area contributed by atoms with Gasteiger partial charge in [-0.15, -0.1) is 0 Å². The molecule has 1 aromatic rings. The number of aryl methyl sites for hydroxylation is 1. The van der Waals surface area contributed by atoms with E-state index >= 15 is 0 Å². The number of hydrogen-bond acceptors (Lipinski definition) is 5. The summed E-state index contributed by atoms with van der Waals surface area (Å²) < 4.78 is 11.0. The van der Waals surface area contributed by atoms with Gasteiger partial charge < -0.3 is 14.6 Å². The lowest BCUT2D eigenvalue weighted by Crippen LogP contribution is -2.50. The quantitative estimate of drug-likeness (QED) is 0.698. The number of rotatable bonds is 3. The van der Waals surface area contributed by atoms with Crippen molar-refractivity contribution in [2.45, 2.75) is 45.0 Å². The molecule has 0 aliphatic carbocycles. The van der Waals surface area contributed by atoms with Crippen LogP contribution in [-0.2, 0) is 24.7 Å². The summed E-state index contributed by atoms with van der Waals surface area (Å²) in [6, 6.07) is 6.74. The van der Waals surface area contributed by atoms with Crippen molar-refractivity contribution in [1.82, 2.24) is 0 Å². The molecule has 0 unspecified atom stereocenters. The summed E-state index contributed by atoms with van der Waals surface area (Å²) in [5.41, 5.74) is -1.75. The Kier molecular flexibility index (Phi) is 5.28. The number of cyclic esters (lactones) is 1. The van der Waals surface area contributed by atoms with Gasteiger partial charge >= 0.3 is 11.9 Å². The van der Waals surface area contributed by atoms with Gasteiger partial charge in [-0.2, -0.15) is 0 Å². The highest BCUT2D eigenvalue weighted by molar-refractivity contribution is 9.14. The second-order valence-electron chi connectivity index (χ2n) is 6.58. The molecule has 1 aliphatic heterocycles. The van der Waals surface area contributed by atoms with Crippen LogP contribution in [0.3, 0.4) is 0 Å². The highest BCUT2D eigenvalue weighted by Gasteiger charge is 2.55. The zero-order valence-corrected chi connectivity index (χ0v) is 16.9. The molecule has 1 aliphatic rings. The Morgan fingerprint density at radius 1 is 1.21 bits per heavy atom. The van der Waals surface area contributed by atoms with Crippen LogP contribution in [0.5, 0.6) is 0 Å². The third-order valence-electron chi connectivity index (χ3n) is 3.43. The van der Waals surface area contributed by atoms with Crippen LogP contribution in [0, 0.1) is 6.92 Å². The zero-order chi connectivity index (χ0) is 18.3. The van der Waals surface area contributed by atoms with Crippen molar-refractivity contribution >= 4 is 43.8 Å². The number of carbonyl (C=O) groups excluding carboxylic acids is 2. The van der Waals surface area contributed by atoms with Crippen molar-refractivity contribution in [2.75, 3.05) is 0 Å². The van der Waals surface area contributed by atoms with Gasteiger partial charge in [-0.1, -0.05) is 29.8 Å². The van der Waals surface area contributed by atoms with E-state index in [2.05, 4.69) is 31.9 Å².